The highest BCUT2D eigenvalue weighted by molar-refractivity contribution is 5.85. The van der Waals surface area contributed by atoms with Crippen LogP contribution in [0.5, 0.6) is 0 Å². The first-order chi connectivity index (χ1) is 12.3. The van der Waals surface area contributed by atoms with Crippen molar-refractivity contribution < 1.29 is 0 Å². The molecule has 0 atom stereocenters. The maximum absolute atomic E-state index is 2.54. The summed E-state index contributed by atoms with van der Waals surface area (Å²) in [4.78, 5) is 2.54. The summed E-state index contributed by atoms with van der Waals surface area (Å²) in [5, 5.41) is 2.82. The second kappa shape index (κ2) is 12.1. The minimum absolute atomic E-state index is 1.20. The van der Waals surface area contributed by atoms with Gasteiger partial charge in [-0.25, -0.2) is 0 Å². The number of nitrogens with zero attached hydrogens (tertiary/aromatic N) is 1. The van der Waals surface area contributed by atoms with Crippen LogP contribution in [0.3, 0.4) is 0 Å². The van der Waals surface area contributed by atoms with E-state index in [-0.39, 0.29) is 0 Å². The number of hydrogen-bond acceptors (Lipinski definition) is 1. The van der Waals surface area contributed by atoms with E-state index < -0.39 is 0 Å². The molecule has 25 heavy (non-hydrogen) atoms. The van der Waals surface area contributed by atoms with Gasteiger partial charge in [-0.05, 0) is 55.2 Å². The molecule has 0 saturated carbocycles. The molecule has 0 spiro atoms. The SMILES string of the molecule is CCN(CC)CCCCCCCCCCc1cccc2ccccc12. The van der Waals surface area contributed by atoms with Crippen LogP contribution < -0.4 is 0 Å². The van der Waals surface area contributed by atoms with Crippen LogP contribution in [0.15, 0.2) is 42.5 Å². The smallest absolute Gasteiger partial charge is 0.00190 e. The number of hydrogen-bond donors (Lipinski definition) is 0. The first-order valence-corrected chi connectivity index (χ1v) is 10.5. The Labute approximate surface area is 155 Å². The normalized spacial score (nSPS) is 11.5. The molecule has 0 bridgehead atoms. The van der Waals surface area contributed by atoms with Crippen molar-refractivity contribution in [3.63, 3.8) is 0 Å². The van der Waals surface area contributed by atoms with Gasteiger partial charge in [0.05, 0.1) is 0 Å². The zero-order valence-corrected chi connectivity index (χ0v) is 16.5. The van der Waals surface area contributed by atoms with E-state index in [1.54, 1.807) is 0 Å². The van der Waals surface area contributed by atoms with Gasteiger partial charge in [-0.1, -0.05) is 94.8 Å². The van der Waals surface area contributed by atoms with Gasteiger partial charge in [0.1, 0.15) is 0 Å². The molecular formula is C24H37N. The van der Waals surface area contributed by atoms with Crippen molar-refractivity contribution in [3.05, 3.63) is 48.0 Å². The van der Waals surface area contributed by atoms with Gasteiger partial charge in [-0.3, -0.25) is 0 Å². The van der Waals surface area contributed by atoms with Gasteiger partial charge < -0.3 is 4.90 Å². The van der Waals surface area contributed by atoms with E-state index in [0.717, 1.165) is 0 Å². The molecule has 0 N–H and O–H groups in total. The molecule has 0 radical (unpaired) electrons. The van der Waals surface area contributed by atoms with Crippen molar-refractivity contribution in [1.29, 1.82) is 0 Å². The maximum atomic E-state index is 2.54. The zero-order chi connectivity index (χ0) is 17.7. The number of fused-ring (bicyclic) bond motifs is 1. The lowest BCUT2D eigenvalue weighted by Crippen LogP contribution is -2.23. The van der Waals surface area contributed by atoms with Gasteiger partial charge in [0, 0.05) is 0 Å². The van der Waals surface area contributed by atoms with Crippen LogP contribution in [0.25, 0.3) is 10.8 Å². The van der Waals surface area contributed by atoms with E-state index in [1.807, 2.05) is 0 Å². The Kier molecular flexibility index (Phi) is 9.66. The molecule has 0 fully saturated rings. The lowest BCUT2D eigenvalue weighted by molar-refractivity contribution is 0.295. The monoisotopic (exact) mass is 339 g/mol. The summed E-state index contributed by atoms with van der Waals surface area (Å²) in [5.74, 6) is 0. The fourth-order valence-corrected chi connectivity index (χ4v) is 3.76. The summed E-state index contributed by atoms with van der Waals surface area (Å²) in [6.45, 7) is 8.22. The number of rotatable bonds is 13. The van der Waals surface area contributed by atoms with Gasteiger partial charge in [-0.15, -0.1) is 0 Å². The lowest BCUT2D eigenvalue weighted by atomic mass is 9.99. The summed E-state index contributed by atoms with van der Waals surface area (Å²) in [7, 11) is 0. The molecule has 0 saturated heterocycles. The van der Waals surface area contributed by atoms with E-state index in [9.17, 15) is 0 Å². The number of unbranched alkanes of at least 4 members (excludes halogenated alkanes) is 7. The molecule has 0 aliphatic carbocycles. The second-order valence-electron chi connectivity index (χ2n) is 7.24. The highest BCUT2D eigenvalue weighted by Crippen LogP contribution is 2.20. The molecule has 2 rings (SSSR count). The molecule has 2 aromatic rings. The van der Waals surface area contributed by atoms with E-state index in [2.05, 4.69) is 61.2 Å². The fraction of sp³-hybridized carbons (Fsp3) is 0.583. The molecule has 0 heterocycles. The molecule has 0 amide bonds. The molecule has 0 aliphatic heterocycles. The Morgan fingerprint density at radius 2 is 1.24 bits per heavy atom. The van der Waals surface area contributed by atoms with Crippen molar-refractivity contribution in [2.24, 2.45) is 0 Å². The Hall–Kier alpha value is -1.34. The van der Waals surface area contributed by atoms with Crippen LogP contribution >= 0.6 is 0 Å². The average molecular weight is 340 g/mol. The Morgan fingerprint density at radius 3 is 1.96 bits per heavy atom. The molecule has 0 aromatic heterocycles. The van der Waals surface area contributed by atoms with Crippen molar-refractivity contribution >= 4 is 10.8 Å². The van der Waals surface area contributed by atoms with E-state index in [1.165, 1.54) is 93.8 Å². The minimum atomic E-state index is 1.20. The Balaban J connectivity index is 1.51. The molecular weight excluding hydrogens is 302 g/mol. The van der Waals surface area contributed by atoms with E-state index in [0.29, 0.717) is 0 Å². The topological polar surface area (TPSA) is 3.24 Å². The van der Waals surface area contributed by atoms with Gasteiger partial charge in [-0.2, -0.15) is 0 Å². The van der Waals surface area contributed by atoms with Crippen LogP contribution in [0.4, 0.5) is 0 Å². The summed E-state index contributed by atoms with van der Waals surface area (Å²) in [6, 6.07) is 15.5. The predicted octanol–water partition coefficient (Wildman–Crippen LogP) is 6.84. The zero-order valence-electron chi connectivity index (χ0n) is 16.5. The van der Waals surface area contributed by atoms with Gasteiger partial charge >= 0.3 is 0 Å². The molecule has 0 aliphatic rings. The highest BCUT2D eigenvalue weighted by Gasteiger charge is 2.01. The van der Waals surface area contributed by atoms with Crippen molar-refractivity contribution in [3.8, 4) is 0 Å². The predicted molar refractivity (Wildman–Crippen MR) is 112 cm³/mol. The van der Waals surface area contributed by atoms with E-state index in [4.69, 9.17) is 0 Å². The van der Waals surface area contributed by atoms with Crippen LogP contribution in [-0.2, 0) is 6.42 Å². The Bertz CT molecular complexity index is 580. The quantitative estimate of drug-likeness (QED) is 0.361. The third-order valence-corrected chi connectivity index (χ3v) is 5.44. The highest BCUT2D eigenvalue weighted by atomic mass is 15.1. The third kappa shape index (κ3) is 7.20. The van der Waals surface area contributed by atoms with Crippen LogP contribution in [0, 0.1) is 0 Å². The maximum Gasteiger partial charge on any atom is -0.00190 e. The van der Waals surface area contributed by atoms with Crippen LogP contribution in [0.1, 0.15) is 70.8 Å². The molecule has 2 aromatic carbocycles. The van der Waals surface area contributed by atoms with Crippen LogP contribution in [0.2, 0.25) is 0 Å². The summed E-state index contributed by atoms with van der Waals surface area (Å²) in [6.07, 6.45) is 12.4. The first-order valence-electron chi connectivity index (χ1n) is 10.5. The van der Waals surface area contributed by atoms with Crippen LogP contribution in [-0.4, -0.2) is 24.5 Å². The van der Waals surface area contributed by atoms with Crippen molar-refractivity contribution in [2.75, 3.05) is 19.6 Å². The molecule has 138 valence electrons. The number of benzene rings is 2. The lowest BCUT2D eigenvalue weighted by Gasteiger charge is -2.17. The summed E-state index contributed by atoms with van der Waals surface area (Å²) >= 11 is 0. The summed E-state index contributed by atoms with van der Waals surface area (Å²) < 4.78 is 0. The van der Waals surface area contributed by atoms with E-state index >= 15 is 0 Å². The third-order valence-electron chi connectivity index (χ3n) is 5.44. The molecule has 1 heteroatoms. The minimum Gasteiger partial charge on any atom is -0.304 e. The van der Waals surface area contributed by atoms with Gasteiger partial charge in [0.2, 0.25) is 0 Å². The van der Waals surface area contributed by atoms with Gasteiger partial charge in [0.25, 0.3) is 0 Å². The molecule has 1 nitrogen and oxygen atoms in total. The Morgan fingerprint density at radius 1 is 0.640 bits per heavy atom. The fourth-order valence-electron chi connectivity index (χ4n) is 3.76. The van der Waals surface area contributed by atoms with Crippen molar-refractivity contribution in [2.45, 2.75) is 71.6 Å². The summed E-state index contributed by atoms with van der Waals surface area (Å²) in [5.41, 5.74) is 1.52. The van der Waals surface area contributed by atoms with Crippen molar-refractivity contribution in [1.82, 2.24) is 4.90 Å². The average Bonchev–Trinajstić information content (AvgIpc) is 2.66. The second-order valence-corrected chi connectivity index (χ2v) is 7.24. The standard InChI is InChI=1S/C24H37N/c1-3-25(4-2)21-14-10-8-6-5-7-9-11-16-22-18-15-19-23-17-12-13-20-24(22)23/h12-13,15,17-20H,3-11,14,16,21H2,1-2H3. The first kappa shape index (κ1) is 20.0. The van der Waals surface area contributed by atoms with Gasteiger partial charge in [0.15, 0.2) is 0 Å². The molecule has 0 unspecified atom stereocenters. The largest absolute Gasteiger partial charge is 0.304 e. The number of aryl methyl sites for hydroxylation is 1.